The molecule has 3 aromatic carbocycles. The molecule has 3 atom stereocenters. The standard InChI is InChI=1S/C31H34N4O/c32-29(20-24-11-5-2-6-12-24)31(36)35-18-16-26(21-27(35)19-23-9-3-1-4-10-23)34-22-25-15-17-33-30-14-8-7-13-28(25)30/h1-15,17,26-27,29,34H,16,18-22,32H2/t26?,27?,29-/m0/s1. The monoisotopic (exact) mass is 478 g/mol. The molecule has 5 nitrogen and oxygen atoms in total. The van der Waals surface area contributed by atoms with Crippen molar-refractivity contribution in [2.75, 3.05) is 6.54 Å². The number of nitrogens with zero attached hydrogens (tertiary/aromatic N) is 2. The first-order valence-electron chi connectivity index (χ1n) is 12.9. The van der Waals surface area contributed by atoms with Gasteiger partial charge < -0.3 is 16.0 Å². The average Bonchev–Trinajstić information content (AvgIpc) is 2.93. The van der Waals surface area contributed by atoms with E-state index in [-0.39, 0.29) is 11.9 Å². The zero-order chi connectivity index (χ0) is 24.7. The summed E-state index contributed by atoms with van der Waals surface area (Å²) in [7, 11) is 0. The quantitative estimate of drug-likeness (QED) is 0.391. The zero-order valence-electron chi connectivity index (χ0n) is 20.6. The molecule has 0 spiro atoms. The molecule has 1 aliphatic heterocycles. The van der Waals surface area contributed by atoms with E-state index >= 15 is 0 Å². The third-order valence-electron chi connectivity index (χ3n) is 7.25. The molecule has 3 N–H and O–H groups in total. The van der Waals surface area contributed by atoms with Crippen LogP contribution in [0.2, 0.25) is 0 Å². The number of hydrogen-bond acceptors (Lipinski definition) is 4. The van der Waals surface area contributed by atoms with Gasteiger partial charge in [0.05, 0.1) is 11.6 Å². The minimum absolute atomic E-state index is 0.0540. The molecular weight excluding hydrogens is 444 g/mol. The maximum absolute atomic E-state index is 13.5. The maximum atomic E-state index is 13.5. The Morgan fingerprint density at radius 2 is 1.64 bits per heavy atom. The topological polar surface area (TPSA) is 71.2 Å². The first-order valence-corrected chi connectivity index (χ1v) is 12.9. The fourth-order valence-corrected chi connectivity index (χ4v) is 5.34. The van der Waals surface area contributed by atoms with Crippen molar-refractivity contribution in [1.29, 1.82) is 0 Å². The van der Waals surface area contributed by atoms with E-state index in [0.717, 1.165) is 36.9 Å². The SMILES string of the molecule is N[C@@H](Cc1ccccc1)C(=O)N1CCC(NCc2ccnc3ccccc23)CC1Cc1ccccc1. The largest absolute Gasteiger partial charge is 0.338 e. The number of hydrogen-bond donors (Lipinski definition) is 2. The molecule has 36 heavy (non-hydrogen) atoms. The van der Waals surface area contributed by atoms with Crippen molar-refractivity contribution in [1.82, 2.24) is 15.2 Å². The summed E-state index contributed by atoms with van der Waals surface area (Å²) in [4.78, 5) is 20.0. The molecule has 2 heterocycles. The van der Waals surface area contributed by atoms with Crippen molar-refractivity contribution < 1.29 is 4.79 Å². The maximum Gasteiger partial charge on any atom is 0.240 e. The number of amides is 1. The normalized spacial score (nSPS) is 18.8. The second kappa shape index (κ2) is 11.5. The van der Waals surface area contributed by atoms with Crippen LogP contribution in [-0.2, 0) is 24.2 Å². The van der Waals surface area contributed by atoms with Gasteiger partial charge in [0.1, 0.15) is 0 Å². The minimum Gasteiger partial charge on any atom is -0.338 e. The van der Waals surface area contributed by atoms with Crippen molar-refractivity contribution >= 4 is 16.8 Å². The lowest BCUT2D eigenvalue weighted by molar-refractivity contribution is -0.136. The lowest BCUT2D eigenvalue weighted by Crippen LogP contribution is -2.56. The van der Waals surface area contributed by atoms with Crippen LogP contribution in [-0.4, -0.2) is 40.5 Å². The lowest BCUT2D eigenvalue weighted by atomic mass is 9.91. The summed E-state index contributed by atoms with van der Waals surface area (Å²) in [6, 6.07) is 30.8. The molecule has 1 saturated heterocycles. The summed E-state index contributed by atoms with van der Waals surface area (Å²) in [6.07, 6.45) is 5.10. The van der Waals surface area contributed by atoms with Crippen LogP contribution in [0.1, 0.15) is 29.5 Å². The summed E-state index contributed by atoms with van der Waals surface area (Å²) in [5.74, 6) is 0.0540. The van der Waals surface area contributed by atoms with Crippen molar-refractivity contribution in [3.8, 4) is 0 Å². The molecule has 0 bridgehead atoms. The Labute approximate surface area is 213 Å². The molecule has 184 valence electrons. The van der Waals surface area contributed by atoms with Gasteiger partial charge in [-0.1, -0.05) is 78.9 Å². The van der Waals surface area contributed by atoms with Crippen molar-refractivity contribution in [2.45, 2.75) is 50.4 Å². The number of piperidine rings is 1. The third-order valence-corrected chi connectivity index (χ3v) is 7.25. The Bertz CT molecular complexity index is 1270. The number of nitrogens with two attached hydrogens (primary N) is 1. The lowest BCUT2D eigenvalue weighted by Gasteiger charge is -2.41. The highest BCUT2D eigenvalue weighted by Crippen LogP contribution is 2.24. The van der Waals surface area contributed by atoms with Gasteiger partial charge >= 0.3 is 0 Å². The molecule has 0 saturated carbocycles. The summed E-state index contributed by atoms with van der Waals surface area (Å²) in [5.41, 5.74) is 11.1. The van der Waals surface area contributed by atoms with E-state index in [1.165, 1.54) is 16.5 Å². The van der Waals surface area contributed by atoms with Crippen LogP contribution in [0.15, 0.2) is 97.2 Å². The van der Waals surface area contributed by atoms with Crippen LogP contribution < -0.4 is 11.1 Å². The molecule has 0 radical (unpaired) electrons. The molecule has 1 amide bonds. The predicted octanol–water partition coefficient (Wildman–Crippen LogP) is 4.50. The van der Waals surface area contributed by atoms with E-state index in [1.807, 2.05) is 53.6 Å². The van der Waals surface area contributed by atoms with Gasteiger partial charge in [0, 0.05) is 36.8 Å². The number of aromatic nitrogens is 1. The zero-order valence-corrected chi connectivity index (χ0v) is 20.6. The molecule has 0 aliphatic carbocycles. The Kier molecular flexibility index (Phi) is 7.70. The molecule has 1 aromatic heterocycles. The van der Waals surface area contributed by atoms with E-state index in [2.05, 4.69) is 58.8 Å². The second-order valence-electron chi connectivity index (χ2n) is 9.76. The van der Waals surface area contributed by atoms with Gasteiger partial charge in [0.2, 0.25) is 5.91 Å². The number of carbonyl (C=O) groups is 1. The van der Waals surface area contributed by atoms with Gasteiger partial charge in [-0.25, -0.2) is 0 Å². The third kappa shape index (κ3) is 5.81. The van der Waals surface area contributed by atoms with E-state index in [4.69, 9.17) is 5.73 Å². The van der Waals surface area contributed by atoms with E-state index in [9.17, 15) is 4.79 Å². The fourth-order valence-electron chi connectivity index (χ4n) is 5.34. The van der Waals surface area contributed by atoms with Crippen LogP contribution in [0.3, 0.4) is 0 Å². The van der Waals surface area contributed by atoms with Gasteiger partial charge in [0.15, 0.2) is 0 Å². The van der Waals surface area contributed by atoms with Crippen LogP contribution in [0, 0.1) is 0 Å². The summed E-state index contributed by atoms with van der Waals surface area (Å²) in [5, 5.41) is 4.97. The Morgan fingerprint density at radius 3 is 2.42 bits per heavy atom. The Hall–Kier alpha value is -3.54. The minimum atomic E-state index is -0.529. The van der Waals surface area contributed by atoms with E-state index < -0.39 is 6.04 Å². The van der Waals surface area contributed by atoms with Gasteiger partial charge in [-0.15, -0.1) is 0 Å². The van der Waals surface area contributed by atoms with Gasteiger partial charge in [-0.2, -0.15) is 0 Å². The Morgan fingerprint density at radius 1 is 0.944 bits per heavy atom. The van der Waals surface area contributed by atoms with Crippen LogP contribution >= 0.6 is 0 Å². The molecule has 4 aromatic rings. The number of para-hydroxylation sites is 1. The van der Waals surface area contributed by atoms with Crippen molar-refractivity contribution in [3.05, 3.63) is 114 Å². The van der Waals surface area contributed by atoms with E-state index in [1.54, 1.807) is 0 Å². The average molecular weight is 479 g/mol. The molecular formula is C31H34N4O. The van der Waals surface area contributed by atoms with E-state index in [0.29, 0.717) is 19.0 Å². The smallest absolute Gasteiger partial charge is 0.240 e. The number of benzene rings is 3. The predicted molar refractivity (Wildman–Crippen MR) is 145 cm³/mol. The number of fused-ring (bicyclic) bond motifs is 1. The van der Waals surface area contributed by atoms with Crippen LogP contribution in [0.4, 0.5) is 0 Å². The van der Waals surface area contributed by atoms with Gasteiger partial charge in [-0.05, 0) is 54.5 Å². The molecule has 1 fully saturated rings. The van der Waals surface area contributed by atoms with Crippen LogP contribution in [0.5, 0.6) is 0 Å². The molecule has 5 rings (SSSR count). The van der Waals surface area contributed by atoms with Crippen molar-refractivity contribution in [2.24, 2.45) is 5.73 Å². The summed E-state index contributed by atoms with van der Waals surface area (Å²) < 4.78 is 0. The Balaban J connectivity index is 1.28. The number of likely N-dealkylation sites (tertiary alicyclic amines) is 1. The summed E-state index contributed by atoms with van der Waals surface area (Å²) in [6.45, 7) is 1.50. The first-order chi connectivity index (χ1) is 17.7. The number of nitrogens with one attached hydrogen (secondary N) is 1. The highest BCUT2D eigenvalue weighted by atomic mass is 16.2. The van der Waals surface area contributed by atoms with Crippen molar-refractivity contribution in [3.63, 3.8) is 0 Å². The number of rotatable bonds is 8. The highest BCUT2D eigenvalue weighted by Gasteiger charge is 2.33. The molecule has 2 unspecified atom stereocenters. The summed E-state index contributed by atoms with van der Waals surface area (Å²) >= 11 is 0. The highest BCUT2D eigenvalue weighted by molar-refractivity contribution is 5.83. The number of carbonyl (C=O) groups excluding carboxylic acids is 1. The van der Waals surface area contributed by atoms with Crippen LogP contribution in [0.25, 0.3) is 10.9 Å². The first kappa shape index (κ1) is 24.2. The van der Waals surface area contributed by atoms with Gasteiger partial charge in [0.25, 0.3) is 0 Å². The molecule has 5 heteroatoms. The second-order valence-corrected chi connectivity index (χ2v) is 9.76. The number of pyridine rings is 1. The molecule has 1 aliphatic rings. The van der Waals surface area contributed by atoms with Gasteiger partial charge in [-0.3, -0.25) is 9.78 Å². The fraction of sp³-hybridized carbons (Fsp3) is 0.290.